The van der Waals surface area contributed by atoms with Crippen LogP contribution in [0.4, 0.5) is 28.4 Å². The van der Waals surface area contributed by atoms with Crippen molar-refractivity contribution in [1.82, 2.24) is 4.98 Å². The van der Waals surface area contributed by atoms with Gasteiger partial charge >= 0.3 is 6.18 Å². The number of nitrogens with one attached hydrogen (secondary N) is 2. The average molecular weight is 459 g/mol. The molecular formula is C18H13F4N3O3S2. The molecule has 1 heterocycles. The van der Waals surface area contributed by atoms with E-state index in [9.17, 15) is 30.8 Å². The monoisotopic (exact) mass is 459 g/mol. The van der Waals surface area contributed by atoms with E-state index in [0.717, 1.165) is 6.20 Å². The Morgan fingerprint density at radius 2 is 1.77 bits per heavy atom. The summed E-state index contributed by atoms with van der Waals surface area (Å²) >= 11 is 0.687. The van der Waals surface area contributed by atoms with Crippen molar-refractivity contribution in [3.05, 3.63) is 60.0 Å². The quantitative estimate of drug-likeness (QED) is 0.540. The van der Waals surface area contributed by atoms with Crippen LogP contribution in [0.5, 0.6) is 0 Å². The molecule has 12 heteroatoms. The third-order valence-corrected chi connectivity index (χ3v) is 6.20. The van der Waals surface area contributed by atoms with E-state index in [1.165, 1.54) is 31.2 Å². The zero-order valence-electron chi connectivity index (χ0n) is 15.1. The predicted octanol–water partition coefficient (Wildman–Crippen LogP) is 4.73. The van der Waals surface area contributed by atoms with Crippen LogP contribution >= 0.6 is 11.3 Å². The Kier molecular flexibility index (Phi) is 5.81. The minimum atomic E-state index is -4.65. The number of alkyl halides is 3. The molecule has 0 aliphatic carbocycles. The maximum Gasteiger partial charge on any atom is 0.416 e. The fourth-order valence-electron chi connectivity index (χ4n) is 2.43. The fourth-order valence-corrected chi connectivity index (χ4v) is 4.51. The minimum absolute atomic E-state index is 0.0253. The summed E-state index contributed by atoms with van der Waals surface area (Å²) in [6, 6.07) is 7.25. The van der Waals surface area contributed by atoms with Crippen molar-refractivity contribution in [3.63, 3.8) is 0 Å². The first-order valence-electron chi connectivity index (χ1n) is 8.19. The average Bonchev–Trinajstić information content (AvgIpc) is 3.08. The van der Waals surface area contributed by atoms with E-state index in [-0.39, 0.29) is 26.4 Å². The molecule has 2 N–H and O–H groups in total. The minimum Gasteiger partial charge on any atom is -0.326 e. The highest BCUT2D eigenvalue weighted by molar-refractivity contribution is 7.93. The summed E-state index contributed by atoms with van der Waals surface area (Å²) in [6.07, 6.45) is -3.57. The van der Waals surface area contributed by atoms with Crippen molar-refractivity contribution in [2.45, 2.75) is 18.0 Å². The Morgan fingerprint density at radius 3 is 2.37 bits per heavy atom. The zero-order chi connectivity index (χ0) is 22.1. The molecule has 0 saturated carbocycles. The highest BCUT2D eigenvalue weighted by atomic mass is 32.2. The van der Waals surface area contributed by atoms with Crippen LogP contribution < -0.4 is 10.0 Å². The molecule has 0 unspecified atom stereocenters. The molecule has 0 fully saturated rings. The third kappa shape index (κ3) is 4.94. The number of hydrogen-bond donors (Lipinski definition) is 2. The Morgan fingerprint density at radius 1 is 1.10 bits per heavy atom. The summed E-state index contributed by atoms with van der Waals surface area (Å²) < 4.78 is 79.8. The molecule has 1 amide bonds. The van der Waals surface area contributed by atoms with Crippen LogP contribution in [-0.4, -0.2) is 19.3 Å². The van der Waals surface area contributed by atoms with Crippen molar-refractivity contribution >= 4 is 38.1 Å². The summed E-state index contributed by atoms with van der Waals surface area (Å²) in [7, 11) is -4.06. The van der Waals surface area contributed by atoms with Crippen molar-refractivity contribution in [2.24, 2.45) is 0 Å². The normalized spacial score (nSPS) is 11.9. The molecule has 30 heavy (non-hydrogen) atoms. The van der Waals surface area contributed by atoms with E-state index in [2.05, 4.69) is 15.0 Å². The van der Waals surface area contributed by atoms with Gasteiger partial charge in [0.25, 0.3) is 10.0 Å². The van der Waals surface area contributed by atoms with Gasteiger partial charge in [0.1, 0.15) is 5.82 Å². The first-order valence-corrected chi connectivity index (χ1v) is 10.5. The maximum absolute atomic E-state index is 14.0. The van der Waals surface area contributed by atoms with Crippen molar-refractivity contribution in [1.29, 1.82) is 0 Å². The molecular weight excluding hydrogens is 446 g/mol. The number of anilines is 2. The number of thiazole rings is 1. The van der Waals surface area contributed by atoms with Gasteiger partial charge in [-0.3, -0.25) is 9.52 Å². The lowest BCUT2D eigenvalue weighted by atomic mass is 10.1. The second kappa shape index (κ2) is 8.03. The van der Waals surface area contributed by atoms with Gasteiger partial charge in [-0.25, -0.2) is 17.8 Å². The standard InChI is InChI=1S/C18H13F4N3O3S2/c1-10(26)24-12-3-5-13(6-4-12)30(27,28)25-17-23-9-16(29-17)14-8-11(18(20,21)22)2-7-15(14)19/h2-9H,1H3,(H,23,25)(H,24,26). The Bertz CT molecular complexity index is 1190. The maximum atomic E-state index is 14.0. The van der Waals surface area contributed by atoms with E-state index in [1.54, 1.807) is 0 Å². The molecule has 0 aliphatic rings. The summed E-state index contributed by atoms with van der Waals surface area (Å²) in [5, 5.41) is 2.35. The number of aromatic nitrogens is 1. The lowest BCUT2D eigenvalue weighted by molar-refractivity contribution is -0.137. The lowest BCUT2D eigenvalue weighted by Gasteiger charge is -2.08. The van der Waals surface area contributed by atoms with E-state index in [0.29, 0.717) is 35.2 Å². The van der Waals surface area contributed by atoms with Gasteiger partial charge in [0.05, 0.1) is 15.3 Å². The molecule has 0 saturated heterocycles. The summed E-state index contributed by atoms with van der Waals surface area (Å²) in [5.74, 6) is -1.21. The molecule has 1 aromatic heterocycles. The number of benzene rings is 2. The predicted molar refractivity (Wildman–Crippen MR) is 104 cm³/mol. The van der Waals surface area contributed by atoms with Crippen LogP contribution in [0.15, 0.2) is 53.6 Å². The number of rotatable bonds is 5. The fraction of sp³-hybridized carbons (Fsp3) is 0.111. The number of carbonyl (C=O) groups is 1. The van der Waals surface area contributed by atoms with Gasteiger partial charge in [0.15, 0.2) is 5.13 Å². The van der Waals surface area contributed by atoms with Crippen molar-refractivity contribution in [3.8, 4) is 10.4 Å². The number of halogens is 4. The summed E-state index contributed by atoms with van der Waals surface area (Å²) in [5.41, 5.74) is -0.973. The molecule has 0 spiro atoms. The SMILES string of the molecule is CC(=O)Nc1ccc(S(=O)(=O)Nc2ncc(-c3cc(C(F)(F)F)ccc3F)s2)cc1. The Hall–Kier alpha value is -2.99. The molecule has 3 rings (SSSR count). The molecule has 6 nitrogen and oxygen atoms in total. The van der Waals surface area contributed by atoms with Crippen LogP contribution in [0.3, 0.4) is 0 Å². The van der Waals surface area contributed by atoms with Crippen LogP contribution in [0, 0.1) is 5.82 Å². The number of amides is 1. The van der Waals surface area contributed by atoms with Gasteiger partial charge in [0.2, 0.25) is 5.91 Å². The van der Waals surface area contributed by atoms with E-state index < -0.39 is 27.6 Å². The Balaban J connectivity index is 1.84. The highest BCUT2D eigenvalue weighted by Gasteiger charge is 2.31. The zero-order valence-corrected chi connectivity index (χ0v) is 16.8. The molecule has 0 radical (unpaired) electrons. The number of nitrogens with zero attached hydrogens (tertiary/aromatic N) is 1. The van der Waals surface area contributed by atoms with Gasteiger partial charge in [-0.1, -0.05) is 11.3 Å². The third-order valence-electron chi connectivity index (χ3n) is 3.77. The van der Waals surface area contributed by atoms with Gasteiger partial charge in [-0.05, 0) is 42.5 Å². The van der Waals surface area contributed by atoms with Crippen LogP contribution in [0.25, 0.3) is 10.4 Å². The first-order chi connectivity index (χ1) is 14.0. The van der Waals surface area contributed by atoms with E-state index in [4.69, 9.17) is 0 Å². The summed E-state index contributed by atoms with van der Waals surface area (Å²) in [4.78, 5) is 14.7. The molecule has 0 atom stereocenters. The smallest absolute Gasteiger partial charge is 0.326 e. The second-order valence-corrected chi connectivity index (χ2v) is 8.75. The van der Waals surface area contributed by atoms with Gasteiger partial charge in [0, 0.05) is 24.4 Å². The molecule has 0 bridgehead atoms. The van der Waals surface area contributed by atoms with E-state index in [1.807, 2.05) is 0 Å². The molecule has 3 aromatic rings. The molecule has 158 valence electrons. The van der Waals surface area contributed by atoms with Crippen molar-refractivity contribution < 1.29 is 30.8 Å². The molecule has 2 aromatic carbocycles. The first kappa shape index (κ1) is 21.7. The van der Waals surface area contributed by atoms with Crippen LogP contribution in [0.1, 0.15) is 12.5 Å². The molecule has 0 aliphatic heterocycles. The number of carbonyl (C=O) groups excluding carboxylic acids is 1. The van der Waals surface area contributed by atoms with Crippen LogP contribution in [-0.2, 0) is 21.0 Å². The topological polar surface area (TPSA) is 88.2 Å². The van der Waals surface area contributed by atoms with E-state index >= 15 is 0 Å². The van der Waals surface area contributed by atoms with Crippen LogP contribution in [0.2, 0.25) is 0 Å². The number of sulfonamides is 1. The highest BCUT2D eigenvalue weighted by Crippen LogP contribution is 2.36. The second-order valence-electron chi connectivity index (χ2n) is 6.03. The largest absolute Gasteiger partial charge is 0.416 e. The van der Waals surface area contributed by atoms with Gasteiger partial charge in [-0.2, -0.15) is 13.2 Å². The summed E-state index contributed by atoms with van der Waals surface area (Å²) in [6.45, 7) is 1.31. The van der Waals surface area contributed by atoms with Gasteiger partial charge < -0.3 is 5.32 Å². The number of hydrogen-bond acceptors (Lipinski definition) is 5. The van der Waals surface area contributed by atoms with Crippen molar-refractivity contribution in [2.75, 3.05) is 10.0 Å². The lowest BCUT2D eigenvalue weighted by Crippen LogP contribution is -2.13. The Labute approximate surface area is 172 Å². The van der Waals surface area contributed by atoms with Gasteiger partial charge in [-0.15, -0.1) is 0 Å².